The van der Waals surface area contributed by atoms with Crippen molar-refractivity contribution in [1.29, 1.82) is 0 Å². The lowest BCUT2D eigenvalue weighted by Crippen LogP contribution is -2.26. The number of aromatic nitrogens is 1. The molecule has 1 unspecified atom stereocenters. The van der Waals surface area contributed by atoms with Crippen LogP contribution in [0, 0.1) is 0 Å². The molecule has 166 valence electrons. The molecule has 9 rings (SSSR count). The van der Waals surface area contributed by atoms with E-state index in [0.29, 0.717) is 0 Å². The average molecular weight is 456 g/mol. The molecule has 3 aliphatic rings. The zero-order valence-corrected chi connectivity index (χ0v) is 19.6. The van der Waals surface area contributed by atoms with Crippen molar-refractivity contribution >= 4 is 10.9 Å². The van der Waals surface area contributed by atoms with Crippen molar-refractivity contribution in [3.63, 3.8) is 0 Å². The SMILES string of the molecule is c1ccc2c(c1)Cc1cc3c(cc1-2)C1(c2ccccc2-3)c2ccccc2-c2c1ccc1cccnc21. The standard InChI is InChI=1S/C35H21N/c1-2-10-24-22(8-1)18-23-19-28-25-11-3-5-13-29(25)35(32(28)20-27(23)24)30-14-6-4-12-26(30)33-31(35)16-15-21-9-7-17-36-34(21)33/h1-17,19-20H,18H2. The van der Waals surface area contributed by atoms with Crippen molar-refractivity contribution < 1.29 is 0 Å². The molecule has 5 aromatic carbocycles. The quantitative estimate of drug-likeness (QED) is 0.225. The Morgan fingerprint density at radius 1 is 0.500 bits per heavy atom. The summed E-state index contributed by atoms with van der Waals surface area (Å²) < 4.78 is 0. The summed E-state index contributed by atoms with van der Waals surface area (Å²) in [6, 6.07) is 40.8. The first kappa shape index (κ1) is 18.8. The Morgan fingerprint density at radius 2 is 1.25 bits per heavy atom. The molecule has 0 saturated carbocycles. The first-order chi connectivity index (χ1) is 17.9. The Balaban J connectivity index is 1.48. The summed E-state index contributed by atoms with van der Waals surface area (Å²) in [5.74, 6) is 0. The van der Waals surface area contributed by atoms with Crippen molar-refractivity contribution in [3.05, 3.63) is 149 Å². The van der Waals surface area contributed by atoms with E-state index in [2.05, 4.69) is 103 Å². The van der Waals surface area contributed by atoms with Gasteiger partial charge in [0.15, 0.2) is 0 Å². The molecule has 0 fully saturated rings. The van der Waals surface area contributed by atoms with Crippen LogP contribution >= 0.6 is 0 Å². The van der Waals surface area contributed by atoms with Gasteiger partial charge in [0.2, 0.25) is 0 Å². The maximum atomic E-state index is 4.91. The van der Waals surface area contributed by atoms with E-state index in [0.717, 1.165) is 11.9 Å². The molecule has 1 atom stereocenters. The van der Waals surface area contributed by atoms with Crippen LogP contribution in [-0.2, 0) is 11.8 Å². The van der Waals surface area contributed by atoms with E-state index in [-0.39, 0.29) is 5.41 Å². The van der Waals surface area contributed by atoms with Gasteiger partial charge in [-0.1, -0.05) is 91.0 Å². The number of benzene rings is 5. The largest absolute Gasteiger partial charge is 0.256 e. The predicted octanol–water partition coefficient (Wildman–Crippen LogP) is 8.15. The minimum atomic E-state index is -0.337. The maximum Gasteiger partial charge on any atom is 0.0783 e. The van der Waals surface area contributed by atoms with Crippen LogP contribution in [0.25, 0.3) is 44.3 Å². The van der Waals surface area contributed by atoms with Crippen LogP contribution < -0.4 is 0 Å². The number of pyridine rings is 1. The van der Waals surface area contributed by atoms with Gasteiger partial charge in [-0.05, 0) is 85.8 Å². The highest BCUT2D eigenvalue weighted by molar-refractivity contribution is 6.05. The summed E-state index contributed by atoms with van der Waals surface area (Å²) >= 11 is 0. The Kier molecular flexibility index (Phi) is 3.33. The maximum absolute atomic E-state index is 4.91. The molecular weight excluding hydrogens is 434 g/mol. The zero-order valence-electron chi connectivity index (χ0n) is 19.6. The molecule has 1 heteroatoms. The second-order valence-corrected chi connectivity index (χ2v) is 10.3. The first-order valence-electron chi connectivity index (χ1n) is 12.7. The number of fused-ring (bicyclic) bond motifs is 15. The van der Waals surface area contributed by atoms with E-state index < -0.39 is 0 Å². The summed E-state index contributed by atoms with van der Waals surface area (Å²) in [5.41, 5.74) is 17.2. The van der Waals surface area contributed by atoms with Crippen LogP contribution in [0.1, 0.15) is 33.4 Å². The zero-order chi connectivity index (χ0) is 23.4. The lowest BCUT2D eigenvalue weighted by Gasteiger charge is -2.30. The highest BCUT2D eigenvalue weighted by atomic mass is 14.7. The summed E-state index contributed by atoms with van der Waals surface area (Å²) in [6.45, 7) is 0. The third-order valence-corrected chi connectivity index (χ3v) is 8.74. The van der Waals surface area contributed by atoms with Crippen LogP contribution in [-0.4, -0.2) is 4.98 Å². The third kappa shape index (κ3) is 2.04. The van der Waals surface area contributed by atoms with Crippen molar-refractivity contribution in [3.8, 4) is 33.4 Å². The topological polar surface area (TPSA) is 12.9 Å². The summed E-state index contributed by atoms with van der Waals surface area (Å²) in [6.07, 6.45) is 2.94. The van der Waals surface area contributed by atoms with E-state index in [1.54, 1.807) is 0 Å². The van der Waals surface area contributed by atoms with E-state index in [1.165, 1.54) is 72.1 Å². The summed E-state index contributed by atoms with van der Waals surface area (Å²) in [7, 11) is 0. The number of nitrogens with zero attached hydrogens (tertiary/aromatic N) is 1. The van der Waals surface area contributed by atoms with Gasteiger partial charge in [-0.15, -0.1) is 0 Å². The van der Waals surface area contributed by atoms with Crippen molar-refractivity contribution in [1.82, 2.24) is 4.98 Å². The van der Waals surface area contributed by atoms with Gasteiger partial charge in [0, 0.05) is 17.1 Å². The fourth-order valence-electron chi connectivity index (χ4n) is 7.39. The molecule has 6 aromatic rings. The highest BCUT2D eigenvalue weighted by Crippen LogP contribution is 2.64. The Morgan fingerprint density at radius 3 is 2.14 bits per heavy atom. The lowest BCUT2D eigenvalue weighted by molar-refractivity contribution is 0.794. The summed E-state index contributed by atoms with van der Waals surface area (Å²) in [5, 5.41) is 1.19. The molecule has 0 saturated heterocycles. The first-order valence-corrected chi connectivity index (χ1v) is 12.7. The van der Waals surface area contributed by atoms with Gasteiger partial charge in [0.25, 0.3) is 0 Å². The lowest BCUT2D eigenvalue weighted by atomic mass is 9.70. The van der Waals surface area contributed by atoms with Gasteiger partial charge in [-0.2, -0.15) is 0 Å². The Bertz CT molecular complexity index is 1930. The highest BCUT2D eigenvalue weighted by Gasteiger charge is 2.52. The Labute approximate surface area is 209 Å². The molecule has 0 radical (unpaired) electrons. The van der Waals surface area contributed by atoms with Gasteiger partial charge in [-0.3, -0.25) is 4.98 Å². The van der Waals surface area contributed by atoms with Crippen LogP contribution in [0.3, 0.4) is 0 Å². The molecule has 1 nitrogen and oxygen atoms in total. The van der Waals surface area contributed by atoms with E-state index >= 15 is 0 Å². The predicted molar refractivity (Wildman–Crippen MR) is 146 cm³/mol. The van der Waals surface area contributed by atoms with E-state index in [4.69, 9.17) is 4.98 Å². The minimum Gasteiger partial charge on any atom is -0.256 e. The van der Waals surface area contributed by atoms with Crippen LogP contribution in [0.4, 0.5) is 0 Å². The third-order valence-electron chi connectivity index (χ3n) is 8.74. The fraction of sp³-hybridized carbons (Fsp3) is 0.0571. The van der Waals surface area contributed by atoms with Gasteiger partial charge in [0.05, 0.1) is 10.9 Å². The number of hydrogen-bond acceptors (Lipinski definition) is 1. The monoisotopic (exact) mass is 455 g/mol. The van der Waals surface area contributed by atoms with Crippen molar-refractivity contribution in [2.45, 2.75) is 11.8 Å². The molecule has 0 aliphatic heterocycles. The number of rotatable bonds is 0. The molecule has 0 amide bonds. The van der Waals surface area contributed by atoms with Gasteiger partial charge in [-0.25, -0.2) is 0 Å². The fourth-order valence-corrected chi connectivity index (χ4v) is 7.39. The minimum absolute atomic E-state index is 0.337. The molecule has 1 heterocycles. The van der Waals surface area contributed by atoms with Crippen LogP contribution in [0.2, 0.25) is 0 Å². The van der Waals surface area contributed by atoms with Gasteiger partial charge < -0.3 is 0 Å². The average Bonchev–Trinajstić information content (AvgIpc) is 3.55. The Hall–Kier alpha value is -4.49. The molecule has 0 bridgehead atoms. The van der Waals surface area contributed by atoms with Crippen LogP contribution in [0.15, 0.2) is 115 Å². The van der Waals surface area contributed by atoms with Crippen LogP contribution in [0.5, 0.6) is 0 Å². The normalized spacial score (nSPS) is 17.4. The molecule has 36 heavy (non-hydrogen) atoms. The van der Waals surface area contributed by atoms with E-state index in [9.17, 15) is 0 Å². The molecule has 1 aromatic heterocycles. The summed E-state index contributed by atoms with van der Waals surface area (Å²) in [4.78, 5) is 4.91. The van der Waals surface area contributed by atoms with Crippen molar-refractivity contribution in [2.75, 3.05) is 0 Å². The molecule has 1 spiro atoms. The molecule has 3 aliphatic carbocycles. The second-order valence-electron chi connectivity index (χ2n) is 10.3. The van der Waals surface area contributed by atoms with E-state index in [1.807, 2.05) is 12.3 Å². The van der Waals surface area contributed by atoms with Crippen molar-refractivity contribution in [2.24, 2.45) is 0 Å². The number of hydrogen-bond donors (Lipinski definition) is 0. The molecule has 0 N–H and O–H groups in total. The smallest absolute Gasteiger partial charge is 0.0783 e. The second kappa shape index (κ2) is 6.38. The molecular formula is C35H21N. The van der Waals surface area contributed by atoms with Gasteiger partial charge >= 0.3 is 0 Å². The van der Waals surface area contributed by atoms with Gasteiger partial charge in [0.1, 0.15) is 0 Å².